The van der Waals surface area contributed by atoms with E-state index in [9.17, 15) is 9.59 Å². The minimum atomic E-state index is -0.522. The van der Waals surface area contributed by atoms with Crippen LogP contribution in [0, 0.1) is 19.8 Å². The van der Waals surface area contributed by atoms with Crippen molar-refractivity contribution in [1.82, 2.24) is 10.3 Å². The summed E-state index contributed by atoms with van der Waals surface area (Å²) in [5.74, 6) is -0.713. The van der Waals surface area contributed by atoms with Crippen molar-refractivity contribution in [3.05, 3.63) is 86.5 Å². The molecule has 0 aliphatic heterocycles. The van der Waals surface area contributed by atoms with Gasteiger partial charge in [0.25, 0.3) is 5.56 Å². The van der Waals surface area contributed by atoms with E-state index in [1.807, 2.05) is 26.8 Å². The van der Waals surface area contributed by atoms with E-state index < -0.39 is 5.92 Å². The Bertz CT molecular complexity index is 1230. The highest BCUT2D eigenvalue weighted by molar-refractivity contribution is 6.14. The zero-order chi connectivity index (χ0) is 26.2. The van der Waals surface area contributed by atoms with Crippen molar-refractivity contribution in [2.75, 3.05) is 0 Å². The standard InChI is InChI=1S/C30H40N4O2/c1-6-23-10-9-11-24(16-23)19(2)15-28(34-25-12-7-8-13-25)26(17-31)22(5)29(35)32-18-27-20(3)14-21(4)33-30(27)36/h9-11,14-17,22,25H,6-8,12-13,18,31H2,1-5H3,(H,32,35)(H,33,36)/b19-15+,26-17?,34-28?. The summed E-state index contributed by atoms with van der Waals surface area (Å²) in [7, 11) is 0. The second-order valence-corrected chi connectivity index (χ2v) is 9.84. The third kappa shape index (κ3) is 6.84. The number of nitrogens with one attached hydrogen (secondary N) is 2. The Labute approximate surface area is 214 Å². The van der Waals surface area contributed by atoms with E-state index in [0.29, 0.717) is 11.1 Å². The van der Waals surface area contributed by atoms with Gasteiger partial charge in [-0.1, -0.05) is 44.0 Å². The van der Waals surface area contributed by atoms with Gasteiger partial charge >= 0.3 is 0 Å². The third-order valence-corrected chi connectivity index (χ3v) is 7.06. The number of amides is 1. The van der Waals surface area contributed by atoms with Gasteiger partial charge in [-0.2, -0.15) is 0 Å². The molecule has 3 rings (SSSR count). The molecule has 192 valence electrons. The molecule has 1 fully saturated rings. The summed E-state index contributed by atoms with van der Waals surface area (Å²) >= 11 is 0. The highest BCUT2D eigenvalue weighted by Gasteiger charge is 2.23. The second-order valence-electron chi connectivity index (χ2n) is 9.84. The predicted octanol–water partition coefficient (Wildman–Crippen LogP) is 5.14. The Morgan fingerprint density at radius 3 is 2.61 bits per heavy atom. The van der Waals surface area contributed by atoms with Crippen LogP contribution in [0.3, 0.4) is 0 Å². The number of nitrogens with two attached hydrogens (primary N) is 1. The number of rotatable bonds is 9. The molecule has 1 aromatic heterocycles. The van der Waals surface area contributed by atoms with Crippen LogP contribution in [0.1, 0.15) is 74.4 Å². The first-order valence-electron chi connectivity index (χ1n) is 13.0. The number of aryl methyl sites for hydroxylation is 3. The van der Waals surface area contributed by atoms with E-state index in [0.717, 1.165) is 47.4 Å². The molecule has 6 heteroatoms. The molecule has 0 saturated heterocycles. The van der Waals surface area contributed by atoms with Gasteiger partial charge < -0.3 is 16.0 Å². The van der Waals surface area contributed by atoms with Gasteiger partial charge in [0, 0.05) is 23.4 Å². The van der Waals surface area contributed by atoms with Crippen molar-refractivity contribution in [3.8, 4) is 0 Å². The van der Waals surface area contributed by atoms with Crippen molar-refractivity contribution in [2.45, 2.75) is 79.3 Å². The number of allylic oxidation sites excluding steroid dienone is 2. The Kier molecular flexibility index (Phi) is 9.45. The number of carbonyl (C=O) groups is 1. The number of benzene rings is 1. The lowest BCUT2D eigenvalue weighted by Crippen LogP contribution is -2.34. The van der Waals surface area contributed by atoms with E-state index in [1.54, 1.807) is 0 Å². The molecule has 1 aliphatic carbocycles. The number of H-pyrrole nitrogens is 1. The topological polar surface area (TPSA) is 100 Å². The predicted molar refractivity (Wildman–Crippen MR) is 149 cm³/mol. The Balaban J connectivity index is 1.87. The molecule has 1 unspecified atom stereocenters. The molecular formula is C30H40N4O2. The number of pyridine rings is 1. The van der Waals surface area contributed by atoms with Crippen LogP contribution in [0.25, 0.3) is 5.57 Å². The van der Waals surface area contributed by atoms with Gasteiger partial charge in [0.1, 0.15) is 0 Å². The molecular weight excluding hydrogens is 448 g/mol. The highest BCUT2D eigenvalue weighted by Crippen LogP contribution is 2.25. The van der Waals surface area contributed by atoms with Crippen LogP contribution in [-0.2, 0) is 17.8 Å². The van der Waals surface area contributed by atoms with Gasteiger partial charge in [0.15, 0.2) is 0 Å². The molecule has 0 radical (unpaired) electrons. The summed E-state index contributed by atoms with van der Waals surface area (Å²) < 4.78 is 0. The number of aromatic amines is 1. The first-order valence-corrected chi connectivity index (χ1v) is 13.0. The van der Waals surface area contributed by atoms with Crippen molar-refractivity contribution < 1.29 is 4.79 Å². The van der Waals surface area contributed by atoms with Crippen LogP contribution in [0.4, 0.5) is 0 Å². The summed E-state index contributed by atoms with van der Waals surface area (Å²) in [4.78, 5) is 33.4. The van der Waals surface area contributed by atoms with Crippen molar-refractivity contribution in [1.29, 1.82) is 0 Å². The minimum absolute atomic E-state index is 0.163. The van der Waals surface area contributed by atoms with Crippen LogP contribution >= 0.6 is 0 Å². The molecule has 1 heterocycles. The van der Waals surface area contributed by atoms with Gasteiger partial charge in [-0.15, -0.1) is 0 Å². The molecule has 4 N–H and O–H groups in total. The van der Waals surface area contributed by atoms with Gasteiger partial charge in [-0.05, 0) is 87.6 Å². The summed E-state index contributed by atoms with van der Waals surface area (Å²) in [6.07, 6.45) is 8.98. The van der Waals surface area contributed by atoms with Crippen LogP contribution in [0.15, 0.2) is 58.0 Å². The SMILES string of the molecule is CCc1cccc(/C(C)=C/C(=NC2CCCC2)C(=CN)C(C)C(=O)NCc2c(C)cc(C)[nH]c2=O)c1. The van der Waals surface area contributed by atoms with Crippen LogP contribution in [-0.4, -0.2) is 22.6 Å². The Morgan fingerprint density at radius 2 is 1.97 bits per heavy atom. The summed E-state index contributed by atoms with van der Waals surface area (Å²) in [5.41, 5.74) is 13.1. The van der Waals surface area contributed by atoms with Crippen LogP contribution in [0.5, 0.6) is 0 Å². The number of aliphatic imine (C=N–C) groups is 1. The molecule has 36 heavy (non-hydrogen) atoms. The van der Waals surface area contributed by atoms with Gasteiger partial charge in [0.05, 0.1) is 17.7 Å². The molecule has 0 spiro atoms. The van der Waals surface area contributed by atoms with Gasteiger partial charge in [-0.3, -0.25) is 14.6 Å². The maximum atomic E-state index is 13.2. The lowest BCUT2D eigenvalue weighted by Gasteiger charge is -2.18. The van der Waals surface area contributed by atoms with Crippen molar-refractivity contribution in [2.24, 2.45) is 16.6 Å². The van der Waals surface area contributed by atoms with E-state index in [4.69, 9.17) is 10.7 Å². The highest BCUT2D eigenvalue weighted by atomic mass is 16.2. The lowest BCUT2D eigenvalue weighted by atomic mass is 9.93. The molecule has 1 aromatic carbocycles. The van der Waals surface area contributed by atoms with E-state index in [-0.39, 0.29) is 24.1 Å². The minimum Gasteiger partial charge on any atom is -0.404 e. The molecule has 2 aromatic rings. The summed E-state index contributed by atoms with van der Waals surface area (Å²) in [5, 5.41) is 2.93. The van der Waals surface area contributed by atoms with Gasteiger partial charge in [-0.25, -0.2) is 0 Å². The normalized spacial score (nSPS) is 16.3. The lowest BCUT2D eigenvalue weighted by molar-refractivity contribution is -0.123. The first-order chi connectivity index (χ1) is 17.2. The number of hydrogen-bond donors (Lipinski definition) is 3. The van der Waals surface area contributed by atoms with E-state index in [1.165, 1.54) is 24.6 Å². The Hall–Kier alpha value is -3.41. The van der Waals surface area contributed by atoms with Crippen molar-refractivity contribution >= 4 is 17.2 Å². The fourth-order valence-electron chi connectivity index (χ4n) is 4.77. The molecule has 1 saturated carbocycles. The fourth-order valence-corrected chi connectivity index (χ4v) is 4.77. The Morgan fingerprint density at radius 1 is 1.25 bits per heavy atom. The maximum Gasteiger partial charge on any atom is 0.253 e. The smallest absolute Gasteiger partial charge is 0.253 e. The average molecular weight is 489 g/mol. The summed E-state index contributed by atoms with van der Waals surface area (Å²) in [6, 6.07) is 10.6. The number of aromatic nitrogens is 1. The molecule has 0 bridgehead atoms. The second kappa shape index (κ2) is 12.5. The molecule has 1 aliphatic rings. The molecule has 1 atom stereocenters. The quantitative estimate of drug-likeness (QED) is 0.426. The third-order valence-electron chi connectivity index (χ3n) is 7.06. The fraction of sp³-hybridized carbons (Fsp3) is 0.433. The summed E-state index contributed by atoms with van der Waals surface area (Å²) in [6.45, 7) is 9.95. The van der Waals surface area contributed by atoms with E-state index in [2.05, 4.69) is 54.5 Å². The molecule has 1 amide bonds. The number of hydrogen-bond acceptors (Lipinski definition) is 4. The monoisotopic (exact) mass is 488 g/mol. The van der Waals surface area contributed by atoms with Crippen LogP contribution in [0.2, 0.25) is 0 Å². The van der Waals surface area contributed by atoms with Gasteiger partial charge in [0.2, 0.25) is 5.91 Å². The largest absolute Gasteiger partial charge is 0.404 e. The number of nitrogens with zero attached hydrogens (tertiary/aromatic N) is 1. The maximum absolute atomic E-state index is 13.2. The van der Waals surface area contributed by atoms with Crippen LogP contribution < -0.4 is 16.6 Å². The van der Waals surface area contributed by atoms with Crippen molar-refractivity contribution in [3.63, 3.8) is 0 Å². The average Bonchev–Trinajstić information content (AvgIpc) is 3.36. The molecule has 6 nitrogen and oxygen atoms in total. The first kappa shape index (κ1) is 27.2. The van der Waals surface area contributed by atoms with E-state index >= 15 is 0 Å². The number of carbonyl (C=O) groups excluding carboxylic acids is 1. The zero-order valence-corrected chi connectivity index (χ0v) is 22.3. The zero-order valence-electron chi connectivity index (χ0n) is 22.3.